The van der Waals surface area contributed by atoms with Gasteiger partial charge in [0, 0.05) is 6.07 Å². The number of hydrogen-bond donors (Lipinski definition) is 0. The minimum atomic E-state index is -0.181. The van der Waals surface area contributed by atoms with Gasteiger partial charge < -0.3 is 0 Å². The van der Waals surface area contributed by atoms with Crippen LogP contribution in [0.25, 0.3) is 20.8 Å². The fourth-order valence-corrected chi connectivity index (χ4v) is 3.44. The number of para-hydroxylation sites is 1. The van der Waals surface area contributed by atoms with Crippen LogP contribution in [0.2, 0.25) is 0 Å². The Morgan fingerprint density at radius 1 is 1.11 bits per heavy atom. The molecule has 0 amide bonds. The normalized spacial score (nSPS) is 11.1. The average molecular weight is 258 g/mol. The van der Waals surface area contributed by atoms with E-state index in [0.717, 1.165) is 16.1 Å². The van der Waals surface area contributed by atoms with E-state index in [4.69, 9.17) is 0 Å². The number of halogens is 1. The number of thiazole rings is 1. The SMILES string of the molecule is Cc1cc(F)ccc1-c1sc2ccccc2[n+]1C. The van der Waals surface area contributed by atoms with Crippen LogP contribution in [0.5, 0.6) is 0 Å². The summed E-state index contributed by atoms with van der Waals surface area (Å²) in [5.74, 6) is -0.181. The molecule has 1 aromatic heterocycles. The van der Waals surface area contributed by atoms with Gasteiger partial charge in [-0.15, -0.1) is 0 Å². The Morgan fingerprint density at radius 2 is 1.89 bits per heavy atom. The van der Waals surface area contributed by atoms with Crippen LogP contribution >= 0.6 is 11.3 Å². The van der Waals surface area contributed by atoms with Crippen LogP contribution in [0.1, 0.15) is 5.56 Å². The summed E-state index contributed by atoms with van der Waals surface area (Å²) in [7, 11) is 2.05. The highest BCUT2D eigenvalue weighted by Gasteiger charge is 2.19. The van der Waals surface area contributed by atoms with Crippen molar-refractivity contribution in [3.8, 4) is 10.6 Å². The lowest BCUT2D eigenvalue weighted by Gasteiger charge is -2.00. The van der Waals surface area contributed by atoms with Gasteiger partial charge in [-0.25, -0.2) is 4.39 Å². The molecule has 90 valence electrons. The second-order valence-electron chi connectivity index (χ2n) is 4.39. The van der Waals surface area contributed by atoms with Gasteiger partial charge in [0.1, 0.15) is 17.6 Å². The molecule has 0 aliphatic rings. The predicted molar refractivity (Wildman–Crippen MR) is 73.1 cm³/mol. The van der Waals surface area contributed by atoms with Gasteiger partial charge in [-0.2, -0.15) is 4.57 Å². The molecule has 0 unspecified atom stereocenters. The van der Waals surface area contributed by atoms with E-state index in [0.29, 0.717) is 0 Å². The number of benzene rings is 2. The molecule has 1 nitrogen and oxygen atoms in total. The summed E-state index contributed by atoms with van der Waals surface area (Å²) in [6, 6.07) is 13.3. The molecule has 3 heteroatoms. The molecule has 0 aliphatic heterocycles. The molecule has 0 atom stereocenters. The molecule has 0 saturated carbocycles. The van der Waals surface area contributed by atoms with Crippen LogP contribution in [-0.2, 0) is 7.05 Å². The molecular weight excluding hydrogens is 245 g/mol. The van der Waals surface area contributed by atoms with E-state index in [-0.39, 0.29) is 5.82 Å². The molecule has 0 spiro atoms. The van der Waals surface area contributed by atoms with Gasteiger partial charge in [-0.3, -0.25) is 0 Å². The van der Waals surface area contributed by atoms with Crippen molar-refractivity contribution >= 4 is 21.6 Å². The van der Waals surface area contributed by atoms with E-state index in [1.165, 1.54) is 16.3 Å². The summed E-state index contributed by atoms with van der Waals surface area (Å²) in [4.78, 5) is 0. The Hall–Kier alpha value is -1.74. The Kier molecular flexibility index (Phi) is 2.63. The molecule has 2 aromatic carbocycles. The van der Waals surface area contributed by atoms with Crippen molar-refractivity contribution in [2.24, 2.45) is 7.05 Å². The summed E-state index contributed by atoms with van der Waals surface area (Å²) >= 11 is 1.74. The van der Waals surface area contributed by atoms with Crippen molar-refractivity contribution in [1.82, 2.24) is 0 Å². The topological polar surface area (TPSA) is 3.88 Å². The van der Waals surface area contributed by atoms with E-state index in [2.05, 4.69) is 23.7 Å². The standard InChI is InChI=1S/C15H13FNS/c1-10-9-11(16)7-8-12(10)15-17(2)13-5-3-4-6-14(13)18-15/h3-9H,1-2H3/q+1. The highest BCUT2D eigenvalue weighted by atomic mass is 32.1. The Balaban J connectivity index is 2.28. The fourth-order valence-electron chi connectivity index (χ4n) is 2.21. The third-order valence-corrected chi connectivity index (χ3v) is 4.41. The van der Waals surface area contributed by atoms with Gasteiger partial charge in [0.2, 0.25) is 5.52 Å². The van der Waals surface area contributed by atoms with E-state index >= 15 is 0 Å². The summed E-state index contributed by atoms with van der Waals surface area (Å²) < 4.78 is 16.6. The van der Waals surface area contributed by atoms with Gasteiger partial charge in [0.25, 0.3) is 5.01 Å². The van der Waals surface area contributed by atoms with Crippen molar-refractivity contribution in [3.05, 3.63) is 53.8 Å². The minimum Gasteiger partial charge on any atom is -0.207 e. The van der Waals surface area contributed by atoms with E-state index in [9.17, 15) is 4.39 Å². The first-order valence-electron chi connectivity index (χ1n) is 5.81. The highest BCUT2D eigenvalue weighted by Crippen LogP contribution is 2.30. The van der Waals surface area contributed by atoms with Crippen LogP contribution in [0.15, 0.2) is 42.5 Å². The predicted octanol–water partition coefficient (Wildman–Crippen LogP) is 3.84. The number of fused-ring (bicyclic) bond motifs is 1. The summed E-state index contributed by atoms with van der Waals surface area (Å²) in [6.07, 6.45) is 0. The number of aromatic nitrogens is 1. The van der Waals surface area contributed by atoms with Crippen LogP contribution in [0, 0.1) is 12.7 Å². The smallest absolute Gasteiger partial charge is 0.207 e. The lowest BCUT2D eigenvalue weighted by Crippen LogP contribution is -2.28. The molecule has 0 fully saturated rings. The molecule has 0 aliphatic carbocycles. The Bertz CT molecular complexity index is 730. The molecule has 0 radical (unpaired) electrons. The van der Waals surface area contributed by atoms with E-state index in [1.807, 2.05) is 25.1 Å². The second kappa shape index (κ2) is 4.18. The van der Waals surface area contributed by atoms with Gasteiger partial charge in [-0.05, 0) is 36.8 Å². The van der Waals surface area contributed by atoms with Crippen LogP contribution in [0.4, 0.5) is 4.39 Å². The molecular formula is C15H13FNS+. The van der Waals surface area contributed by atoms with Gasteiger partial charge >= 0.3 is 0 Å². The summed E-state index contributed by atoms with van der Waals surface area (Å²) in [5.41, 5.74) is 3.28. The zero-order chi connectivity index (χ0) is 12.7. The number of nitrogens with zero attached hydrogens (tertiary/aromatic N) is 1. The molecule has 1 heterocycles. The number of hydrogen-bond acceptors (Lipinski definition) is 1. The highest BCUT2D eigenvalue weighted by molar-refractivity contribution is 7.21. The zero-order valence-corrected chi connectivity index (χ0v) is 11.1. The van der Waals surface area contributed by atoms with Crippen molar-refractivity contribution in [2.45, 2.75) is 6.92 Å². The Morgan fingerprint density at radius 3 is 2.61 bits per heavy atom. The van der Waals surface area contributed by atoms with Crippen molar-refractivity contribution < 1.29 is 8.96 Å². The third-order valence-electron chi connectivity index (χ3n) is 3.16. The molecule has 0 N–H and O–H groups in total. The van der Waals surface area contributed by atoms with Crippen LogP contribution < -0.4 is 4.57 Å². The second-order valence-corrected chi connectivity index (χ2v) is 5.42. The zero-order valence-electron chi connectivity index (χ0n) is 10.3. The number of rotatable bonds is 1. The van der Waals surface area contributed by atoms with Gasteiger partial charge in [-0.1, -0.05) is 23.5 Å². The van der Waals surface area contributed by atoms with Crippen LogP contribution in [-0.4, -0.2) is 0 Å². The first kappa shape index (κ1) is 11.4. The molecule has 18 heavy (non-hydrogen) atoms. The summed E-state index contributed by atoms with van der Waals surface area (Å²) in [5, 5.41) is 1.16. The van der Waals surface area contributed by atoms with Gasteiger partial charge in [0.05, 0.1) is 5.56 Å². The monoisotopic (exact) mass is 258 g/mol. The maximum atomic E-state index is 13.2. The lowest BCUT2D eigenvalue weighted by molar-refractivity contribution is -0.629. The fraction of sp³-hybridized carbons (Fsp3) is 0.133. The first-order valence-corrected chi connectivity index (χ1v) is 6.62. The lowest BCUT2D eigenvalue weighted by atomic mass is 10.1. The van der Waals surface area contributed by atoms with E-state index < -0.39 is 0 Å². The van der Waals surface area contributed by atoms with Crippen molar-refractivity contribution in [2.75, 3.05) is 0 Å². The third kappa shape index (κ3) is 1.71. The first-order chi connectivity index (χ1) is 8.66. The summed E-state index contributed by atoms with van der Waals surface area (Å²) in [6.45, 7) is 1.95. The van der Waals surface area contributed by atoms with Crippen molar-refractivity contribution in [3.63, 3.8) is 0 Å². The Labute approximate surface area is 109 Å². The minimum absolute atomic E-state index is 0.181. The maximum absolute atomic E-state index is 13.2. The average Bonchev–Trinajstić information content (AvgIpc) is 2.68. The quantitative estimate of drug-likeness (QED) is 0.584. The van der Waals surface area contributed by atoms with Crippen LogP contribution in [0.3, 0.4) is 0 Å². The van der Waals surface area contributed by atoms with Gasteiger partial charge in [0.15, 0.2) is 0 Å². The largest absolute Gasteiger partial charge is 0.270 e. The van der Waals surface area contributed by atoms with E-state index in [1.54, 1.807) is 17.4 Å². The number of aryl methyl sites for hydroxylation is 2. The molecule has 0 saturated heterocycles. The molecule has 0 bridgehead atoms. The van der Waals surface area contributed by atoms with Crippen molar-refractivity contribution in [1.29, 1.82) is 0 Å². The maximum Gasteiger partial charge on any atom is 0.270 e. The molecule has 3 rings (SSSR count). The molecule has 3 aromatic rings.